The number of guanidine groups is 1. The van der Waals surface area contributed by atoms with Crippen molar-refractivity contribution in [3.05, 3.63) is 47.7 Å². The predicted octanol–water partition coefficient (Wildman–Crippen LogP) is 3.44. The fourth-order valence-corrected chi connectivity index (χ4v) is 2.16. The summed E-state index contributed by atoms with van der Waals surface area (Å²) < 4.78 is 35.2. The minimum atomic E-state index is -2.87. The molecule has 0 aliphatic heterocycles. The van der Waals surface area contributed by atoms with Gasteiger partial charge in [-0.05, 0) is 6.07 Å². The molecule has 26 heavy (non-hydrogen) atoms. The van der Waals surface area contributed by atoms with Gasteiger partial charge in [-0.25, -0.2) is 4.98 Å². The van der Waals surface area contributed by atoms with E-state index in [-0.39, 0.29) is 17.7 Å². The van der Waals surface area contributed by atoms with E-state index in [9.17, 15) is 8.78 Å². The topological polar surface area (TPSA) is 71.7 Å². The molecule has 0 saturated heterocycles. The first-order valence-electron chi connectivity index (χ1n) is 8.22. The summed E-state index contributed by atoms with van der Waals surface area (Å²) in [6.45, 7) is 3.90. The number of rotatable bonds is 6. The van der Waals surface area contributed by atoms with Crippen molar-refractivity contribution < 1.29 is 17.9 Å². The minimum Gasteiger partial charge on any atom is -0.443 e. The molecule has 2 aromatic rings. The average molecular weight is 366 g/mol. The van der Waals surface area contributed by atoms with Gasteiger partial charge in [-0.1, -0.05) is 39.0 Å². The third-order valence-electron chi connectivity index (χ3n) is 3.56. The summed E-state index contributed by atoms with van der Waals surface area (Å²) in [5, 5.41) is 6.13. The van der Waals surface area contributed by atoms with Crippen molar-refractivity contribution >= 4 is 5.96 Å². The van der Waals surface area contributed by atoms with Crippen LogP contribution in [0.3, 0.4) is 0 Å². The van der Waals surface area contributed by atoms with Crippen LogP contribution in [0.5, 0.6) is 5.75 Å². The van der Waals surface area contributed by atoms with E-state index < -0.39 is 6.61 Å². The Balaban J connectivity index is 1.92. The molecule has 2 N–H and O–H groups in total. The maximum Gasteiger partial charge on any atom is 0.387 e. The molecule has 0 aliphatic carbocycles. The highest BCUT2D eigenvalue weighted by molar-refractivity contribution is 5.79. The highest BCUT2D eigenvalue weighted by Gasteiger charge is 2.19. The van der Waals surface area contributed by atoms with Crippen molar-refractivity contribution in [1.82, 2.24) is 15.6 Å². The molecule has 8 heteroatoms. The minimum absolute atomic E-state index is 0.112. The van der Waals surface area contributed by atoms with Crippen molar-refractivity contribution in [2.24, 2.45) is 4.99 Å². The molecule has 1 heterocycles. The summed E-state index contributed by atoms with van der Waals surface area (Å²) in [6, 6.07) is 6.61. The number of benzene rings is 1. The van der Waals surface area contributed by atoms with Gasteiger partial charge < -0.3 is 19.8 Å². The molecule has 0 radical (unpaired) electrons. The molecule has 0 bridgehead atoms. The number of halogens is 2. The lowest BCUT2D eigenvalue weighted by molar-refractivity contribution is -0.0504. The lowest BCUT2D eigenvalue weighted by Crippen LogP contribution is -2.36. The van der Waals surface area contributed by atoms with Crippen LogP contribution in [-0.4, -0.2) is 24.6 Å². The molecular weight excluding hydrogens is 342 g/mol. The van der Waals surface area contributed by atoms with Gasteiger partial charge in [-0.3, -0.25) is 4.99 Å². The summed E-state index contributed by atoms with van der Waals surface area (Å²) >= 11 is 0. The zero-order valence-corrected chi connectivity index (χ0v) is 15.3. The largest absolute Gasteiger partial charge is 0.443 e. The molecule has 0 unspecified atom stereocenters. The van der Waals surface area contributed by atoms with Gasteiger partial charge in [0.2, 0.25) is 5.89 Å². The smallest absolute Gasteiger partial charge is 0.387 e. The van der Waals surface area contributed by atoms with E-state index in [2.05, 4.69) is 25.3 Å². The first kappa shape index (κ1) is 19.7. The van der Waals surface area contributed by atoms with Crippen molar-refractivity contribution in [1.29, 1.82) is 0 Å². The van der Waals surface area contributed by atoms with Crippen molar-refractivity contribution in [2.75, 3.05) is 7.05 Å². The van der Waals surface area contributed by atoms with Gasteiger partial charge >= 0.3 is 6.61 Å². The fraction of sp³-hybridized carbons (Fsp3) is 0.444. The van der Waals surface area contributed by atoms with Gasteiger partial charge in [0.15, 0.2) is 5.96 Å². The lowest BCUT2D eigenvalue weighted by Gasteiger charge is -2.14. The maximum atomic E-state index is 12.5. The Hall–Kier alpha value is -2.64. The van der Waals surface area contributed by atoms with E-state index in [0.29, 0.717) is 24.0 Å². The predicted molar refractivity (Wildman–Crippen MR) is 95.3 cm³/mol. The van der Waals surface area contributed by atoms with Crippen LogP contribution in [0, 0.1) is 0 Å². The molecule has 1 aromatic heterocycles. The van der Waals surface area contributed by atoms with Crippen LogP contribution in [-0.2, 0) is 18.5 Å². The zero-order chi connectivity index (χ0) is 19.2. The number of para-hydroxylation sites is 1. The van der Waals surface area contributed by atoms with E-state index in [0.717, 1.165) is 5.76 Å². The summed E-state index contributed by atoms with van der Waals surface area (Å²) in [5.74, 6) is 1.97. The number of ether oxygens (including phenoxy) is 1. The van der Waals surface area contributed by atoms with E-state index in [1.165, 1.54) is 6.07 Å². The third kappa shape index (κ3) is 5.72. The molecular formula is C18H24F2N4O2. The van der Waals surface area contributed by atoms with Crippen molar-refractivity contribution in [2.45, 2.75) is 45.9 Å². The number of hydrogen-bond acceptors (Lipinski definition) is 4. The monoisotopic (exact) mass is 366 g/mol. The van der Waals surface area contributed by atoms with Crippen LogP contribution < -0.4 is 15.4 Å². The second-order valence-electron chi connectivity index (χ2n) is 6.63. The Morgan fingerprint density at radius 3 is 2.54 bits per heavy atom. The number of nitrogens with one attached hydrogen (secondary N) is 2. The second kappa shape index (κ2) is 8.64. The van der Waals surface area contributed by atoms with Gasteiger partial charge in [0, 0.05) is 24.6 Å². The van der Waals surface area contributed by atoms with Gasteiger partial charge in [0.25, 0.3) is 0 Å². The number of oxazole rings is 1. The lowest BCUT2D eigenvalue weighted by atomic mass is 9.94. The molecule has 6 nitrogen and oxygen atoms in total. The second-order valence-corrected chi connectivity index (χ2v) is 6.63. The third-order valence-corrected chi connectivity index (χ3v) is 3.56. The van der Waals surface area contributed by atoms with Gasteiger partial charge in [-0.2, -0.15) is 8.78 Å². The number of hydrogen-bond donors (Lipinski definition) is 2. The SMILES string of the molecule is CN=C(NCc1ncc(C(C)(C)C)o1)NCc1ccccc1OC(F)F. The van der Waals surface area contributed by atoms with E-state index in [1.54, 1.807) is 31.4 Å². The molecule has 2 rings (SSSR count). The van der Waals surface area contributed by atoms with Crippen LogP contribution >= 0.6 is 0 Å². The van der Waals surface area contributed by atoms with Crippen LogP contribution in [0.4, 0.5) is 8.78 Å². The first-order chi connectivity index (χ1) is 12.3. The van der Waals surface area contributed by atoms with Crippen LogP contribution in [0.2, 0.25) is 0 Å². The van der Waals surface area contributed by atoms with E-state index in [4.69, 9.17) is 4.42 Å². The highest BCUT2D eigenvalue weighted by Crippen LogP contribution is 2.22. The van der Waals surface area contributed by atoms with Gasteiger partial charge in [0.05, 0.1) is 12.7 Å². The Kier molecular flexibility index (Phi) is 6.54. The Bertz CT molecular complexity index is 739. The number of aromatic nitrogens is 1. The summed E-state index contributed by atoms with van der Waals surface area (Å²) in [6.07, 6.45) is 1.71. The van der Waals surface area contributed by atoms with Gasteiger partial charge in [-0.15, -0.1) is 0 Å². The van der Waals surface area contributed by atoms with Crippen molar-refractivity contribution in [3.63, 3.8) is 0 Å². The molecule has 0 spiro atoms. The molecule has 0 saturated carbocycles. The summed E-state index contributed by atoms with van der Waals surface area (Å²) in [7, 11) is 1.62. The molecule has 0 fully saturated rings. The Morgan fingerprint density at radius 1 is 1.23 bits per heavy atom. The van der Waals surface area contributed by atoms with E-state index in [1.807, 2.05) is 20.8 Å². The van der Waals surface area contributed by atoms with E-state index >= 15 is 0 Å². The van der Waals surface area contributed by atoms with Crippen LogP contribution in [0.25, 0.3) is 0 Å². The first-order valence-corrected chi connectivity index (χ1v) is 8.22. The fourth-order valence-electron chi connectivity index (χ4n) is 2.16. The number of nitrogens with zero attached hydrogens (tertiary/aromatic N) is 2. The molecule has 1 aromatic carbocycles. The Labute approximate surface area is 151 Å². The summed E-state index contributed by atoms with van der Waals surface area (Å²) in [4.78, 5) is 8.34. The normalized spacial score (nSPS) is 12.3. The highest BCUT2D eigenvalue weighted by atomic mass is 19.3. The van der Waals surface area contributed by atoms with Crippen LogP contribution in [0.15, 0.2) is 39.9 Å². The van der Waals surface area contributed by atoms with Gasteiger partial charge in [0.1, 0.15) is 11.5 Å². The standard InChI is InChI=1S/C18H24F2N4O2/c1-18(2,3)14-10-22-15(26-14)11-24-17(21-4)23-9-12-7-5-6-8-13(12)25-16(19)20/h5-8,10,16H,9,11H2,1-4H3,(H2,21,23,24). The zero-order valence-electron chi connectivity index (χ0n) is 15.3. The van der Waals surface area contributed by atoms with Crippen LogP contribution in [0.1, 0.15) is 38.0 Å². The average Bonchev–Trinajstić information content (AvgIpc) is 3.05. The van der Waals surface area contributed by atoms with Crippen molar-refractivity contribution in [3.8, 4) is 5.75 Å². The summed E-state index contributed by atoms with van der Waals surface area (Å²) in [5.41, 5.74) is 0.487. The Morgan fingerprint density at radius 2 is 1.92 bits per heavy atom. The molecule has 0 amide bonds. The number of alkyl halides is 2. The molecule has 0 aliphatic rings. The quantitative estimate of drug-likeness (QED) is 0.605. The molecule has 0 atom stereocenters. The molecule has 142 valence electrons. The maximum absolute atomic E-state index is 12.5. The number of aliphatic imine (C=N–C) groups is 1.